The molecule has 1 heterocycles. The van der Waals surface area contributed by atoms with Gasteiger partial charge in [0.1, 0.15) is 5.69 Å². The Hall–Kier alpha value is -2.78. The second-order valence-corrected chi connectivity index (χ2v) is 7.89. The number of amides is 1. The van der Waals surface area contributed by atoms with Crippen molar-refractivity contribution in [3.05, 3.63) is 68.6 Å². The molecule has 0 saturated carbocycles. The van der Waals surface area contributed by atoms with Crippen LogP contribution < -0.4 is 5.32 Å². The highest BCUT2D eigenvalue weighted by molar-refractivity contribution is 6.35. The number of rotatable bonds is 5. The molecule has 0 bridgehead atoms. The lowest BCUT2D eigenvalue weighted by molar-refractivity contribution is -0.155. The third-order valence-electron chi connectivity index (χ3n) is 4.89. The fourth-order valence-corrected chi connectivity index (χ4v) is 4.01. The molecule has 1 unspecified atom stereocenters. The third kappa shape index (κ3) is 4.40. The average Bonchev–Trinajstić information content (AvgIpc) is 3.06. The van der Waals surface area contributed by atoms with E-state index < -0.39 is 45.5 Å². The van der Waals surface area contributed by atoms with E-state index >= 15 is 0 Å². The molecule has 32 heavy (non-hydrogen) atoms. The zero-order valence-corrected chi connectivity index (χ0v) is 18.2. The SMILES string of the molecule is CCn1c(C(=O)NC(c2cc(Cl)c(F)c(Cl)c2)C(F)(F)F)cc2c(C(=O)O)cc(C)cc21. The molecular weight excluding hydrogens is 475 g/mol. The Morgan fingerprint density at radius 1 is 1.12 bits per heavy atom. The molecule has 3 rings (SSSR count). The number of benzene rings is 2. The van der Waals surface area contributed by atoms with E-state index in [0.29, 0.717) is 11.1 Å². The first-order chi connectivity index (χ1) is 14.8. The minimum Gasteiger partial charge on any atom is -0.478 e. The number of hydrogen-bond acceptors (Lipinski definition) is 2. The van der Waals surface area contributed by atoms with Gasteiger partial charge in [-0.1, -0.05) is 23.2 Å². The summed E-state index contributed by atoms with van der Waals surface area (Å²) in [6.45, 7) is 3.53. The van der Waals surface area contributed by atoms with Gasteiger partial charge in [-0.2, -0.15) is 13.2 Å². The maximum absolute atomic E-state index is 13.8. The molecule has 1 amide bonds. The van der Waals surface area contributed by atoms with Gasteiger partial charge in [-0.25, -0.2) is 9.18 Å². The van der Waals surface area contributed by atoms with Crippen molar-refractivity contribution in [2.45, 2.75) is 32.6 Å². The van der Waals surface area contributed by atoms with E-state index in [1.807, 2.05) is 5.32 Å². The predicted octanol–water partition coefficient (Wildman–Crippen LogP) is 6.15. The standard InChI is InChI=1S/C21H16Cl2F4N2O3/c1-3-29-15-5-9(2)4-12(20(31)32)11(15)8-16(29)19(30)28-18(21(25,26)27)10-6-13(22)17(24)14(23)7-10/h4-8,18H,3H2,1-2H3,(H,28,30)(H,31,32). The molecule has 11 heteroatoms. The van der Waals surface area contributed by atoms with Gasteiger partial charge in [0.2, 0.25) is 0 Å². The van der Waals surface area contributed by atoms with E-state index in [0.717, 1.165) is 12.1 Å². The minimum atomic E-state index is -4.95. The quantitative estimate of drug-likeness (QED) is 0.333. The van der Waals surface area contributed by atoms with Crippen molar-refractivity contribution in [3.8, 4) is 0 Å². The van der Waals surface area contributed by atoms with Crippen LogP contribution in [-0.2, 0) is 6.54 Å². The Bertz CT molecular complexity index is 1210. The molecule has 1 aromatic heterocycles. The van der Waals surface area contributed by atoms with Crippen LogP contribution in [0.25, 0.3) is 10.9 Å². The summed E-state index contributed by atoms with van der Waals surface area (Å²) >= 11 is 11.3. The van der Waals surface area contributed by atoms with Gasteiger partial charge in [-0.3, -0.25) is 4.79 Å². The van der Waals surface area contributed by atoms with Crippen molar-refractivity contribution in [3.63, 3.8) is 0 Å². The lowest BCUT2D eigenvalue weighted by atomic mass is 10.1. The zero-order chi connectivity index (χ0) is 24.0. The largest absolute Gasteiger partial charge is 0.478 e. The molecule has 2 N–H and O–H groups in total. The summed E-state index contributed by atoms with van der Waals surface area (Å²) in [5.74, 6) is -3.41. The van der Waals surface area contributed by atoms with Crippen LogP contribution in [0.5, 0.6) is 0 Å². The van der Waals surface area contributed by atoms with E-state index in [9.17, 15) is 32.3 Å². The number of aryl methyl sites for hydroxylation is 2. The van der Waals surface area contributed by atoms with E-state index in [2.05, 4.69) is 0 Å². The summed E-state index contributed by atoms with van der Waals surface area (Å²) in [5.41, 5.74) is 0.211. The van der Waals surface area contributed by atoms with Crippen LogP contribution in [0.2, 0.25) is 10.0 Å². The maximum atomic E-state index is 13.8. The molecule has 170 valence electrons. The van der Waals surface area contributed by atoms with Crippen LogP contribution in [-0.4, -0.2) is 27.7 Å². The van der Waals surface area contributed by atoms with Gasteiger partial charge in [0.05, 0.1) is 15.6 Å². The first-order valence-corrected chi connectivity index (χ1v) is 10.00. The molecule has 0 aliphatic heterocycles. The number of carboxylic acids is 1. The summed E-state index contributed by atoms with van der Waals surface area (Å²) in [7, 11) is 0. The molecule has 3 aromatic rings. The summed E-state index contributed by atoms with van der Waals surface area (Å²) in [6.07, 6.45) is -4.95. The van der Waals surface area contributed by atoms with Gasteiger partial charge < -0.3 is 15.0 Å². The molecule has 0 spiro atoms. The van der Waals surface area contributed by atoms with Crippen LogP contribution in [0.1, 0.15) is 44.9 Å². The van der Waals surface area contributed by atoms with Gasteiger partial charge >= 0.3 is 12.1 Å². The van der Waals surface area contributed by atoms with Gasteiger partial charge in [0.25, 0.3) is 5.91 Å². The molecule has 0 aliphatic carbocycles. The number of alkyl halides is 3. The number of carbonyl (C=O) groups excluding carboxylic acids is 1. The fraction of sp³-hybridized carbons (Fsp3) is 0.238. The second kappa shape index (κ2) is 8.63. The highest BCUT2D eigenvalue weighted by atomic mass is 35.5. The summed E-state index contributed by atoms with van der Waals surface area (Å²) in [5, 5.41) is 10.3. The van der Waals surface area contributed by atoms with E-state index in [1.165, 1.54) is 16.7 Å². The van der Waals surface area contributed by atoms with E-state index in [1.54, 1.807) is 19.9 Å². The number of nitrogens with one attached hydrogen (secondary N) is 1. The topological polar surface area (TPSA) is 71.3 Å². The van der Waals surface area contributed by atoms with Crippen molar-refractivity contribution >= 4 is 46.0 Å². The molecule has 0 radical (unpaired) electrons. The third-order valence-corrected chi connectivity index (χ3v) is 5.44. The first kappa shape index (κ1) is 23.9. The smallest absolute Gasteiger partial charge is 0.412 e. The molecule has 2 aromatic carbocycles. The van der Waals surface area contributed by atoms with Crippen molar-refractivity contribution in [1.29, 1.82) is 0 Å². The predicted molar refractivity (Wildman–Crippen MR) is 112 cm³/mol. The Morgan fingerprint density at radius 2 is 1.72 bits per heavy atom. The van der Waals surface area contributed by atoms with E-state index in [4.69, 9.17) is 23.2 Å². The van der Waals surface area contributed by atoms with Crippen LogP contribution in [0.15, 0.2) is 30.3 Å². The van der Waals surface area contributed by atoms with Crippen molar-refractivity contribution in [2.75, 3.05) is 0 Å². The molecule has 0 aliphatic rings. The maximum Gasteiger partial charge on any atom is 0.412 e. The minimum absolute atomic E-state index is 0.0780. The van der Waals surface area contributed by atoms with Crippen LogP contribution in [0.4, 0.5) is 17.6 Å². The van der Waals surface area contributed by atoms with Crippen LogP contribution in [0, 0.1) is 12.7 Å². The number of hydrogen-bond donors (Lipinski definition) is 2. The van der Waals surface area contributed by atoms with Gasteiger partial charge in [-0.05, 0) is 55.3 Å². The Labute approximate surface area is 189 Å². The van der Waals surface area contributed by atoms with Crippen molar-refractivity contribution in [2.24, 2.45) is 0 Å². The number of aromatic carboxylic acids is 1. The molecule has 0 saturated heterocycles. The van der Waals surface area contributed by atoms with E-state index in [-0.39, 0.29) is 23.2 Å². The summed E-state index contributed by atoms with van der Waals surface area (Å²) < 4.78 is 56.4. The van der Waals surface area contributed by atoms with Gasteiger partial charge in [-0.15, -0.1) is 0 Å². The normalized spacial score (nSPS) is 12.8. The number of nitrogens with zero attached hydrogens (tertiary/aromatic N) is 1. The lowest BCUT2D eigenvalue weighted by Gasteiger charge is -2.23. The fourth-order valence-electron chi connectivity index (χ4n) is 3.50. The Morgan fingerprint density at radius 3 is 2.22 bits per heavy atom. The summed E-state index contributed by atoms with van der Waals surface area (Å²) in [4.78, 5) is 24.5. The number of fused-ring (bicyclic) bond motifs is 1. The lowest BCUT2D eigenvalue weighted by Crippen LogP contribution is -2.39. The average molecular weight is 491 g/mol. The number of aromatic nitrogens is 1. The Balaban J connectivity index is 2.11. The highest BCUT2D eigenvalue weighted by Crippen LogP contribution is 2.37. The monoisotopic (exact) mass is 490 g/mol. The molecule has 0 fully saturated rings. The second-order valence-electron chi connectivity index (χ2n) is 7.07. The van der Waals surface area contributed by atoms with Gasteiger partial charge in [0.15, 0.2) is 11.9 Å². The Kier molecular flexibility index (Phi) is 6.44. The van der Waals surface area contributed by atoms with Gasteiger partial charge in [0, 0.05) is 17.4 Å². The number of carbonyl (C=O) groups is 2. The zero-order valence-electron chi connectivity index (χ0n) is 16.6. The van der Waals surface area contributed by atoms with Crippen molar-refractivity contribution in [1.82, 2.24) is 9.88 Å². The molecular formula is C21H16Cl2F4N2O3. The van der Waals surface area contributed by atoms with Crippen molar-refractivity contribution < 1.29 is 32.3 Å². The number of halogens is 6. The first-order valence-electron chi connectivity index (χ1n) is 9.24. The van der Waals surface area contributed by atoms with Crippen LogP contribution >= 0.6 is 23.2 Å². The highest BCUT2D eigenvalue weighted by Gasteiger charge is 2.43. The molecule has 1 atom stereocenters. The summed E-state index contributed by atoms with van der Waals surface area (Å²) in [6, 6.07) is 3.23. The molecule has 5 nitrogen and oxygen atoms in total. The van der Waals surface area contributed by atoms with Crippen LogP contribution in [0.3, 0.4) is 0 Å². The number of carboxylic acid groups (broad SMARTS) is 1.